The Labute approximate surface area is 436 Å². The summed E-state index contributed by atoms with van der Waals surface area (Å²) in [6.45, 7) is 10.0. The van der Waals surface area contributed by atoms with Crippen LogP contribution < -0.4 is 20.1 Å². The van der Waals surface area contributed by atoms with E-state index in [4.69, 9.17) is 33.7 Å². The van der Waals surface area contributed by atoms with Gasteiger partial charge in [0.15, 0.2) is 0 Å². The Hall–Kier alpha value is -7.01. The van der Waals surface area contributed by atoms with Crippen molar-refractivity contribution in [1.82, 2.24) is 25.0 Å². The van der Waals surface area contributed by atoms with Crippen LogP contribution >= 0.6 is 0 Å². The quantitative estimate of drug-likeness (QED) is 0.148. The number of fused-ring (bicyclic) bond motifs is 6. The lowest BCUT2D eigenvalue weighted by Gasteiger charge is -2.40. The van der Waals surface area contributed by atoms with E-state index in [9.17, 15) is 19.2 Å². The van der Waals surface area contributed by atoms with Crippen LogP contribution in [0, 0.1) is 17.7 Å². The van der Waals surface area contributed by atoms with Crippen molar-refractivity contribution in [2.45, 2.75) is 128 Å². The fourth-order valence-corrected chi connectivity index (χ4v) is 12.5. The molecule has 0 saturated carbocycles. The van der Waals surface area contributed by atoms with Gasteiger partial charge in [-0.2, -0.15) is 0 Å². The van der Waals surface area contributed by atoms with Crippen molar-refractivity contribution in [3.63, 3.8) is 0 Å². The van der Waals surface area contributed by atoms with E-state index in [0.29, 0.717) is 74.6 Å². The fourth-order valence-electron chi connectivity index (χ4n) is 12.5. The van der Waals surface area contributed by atoms with Crippen LogP contribution in [0.5, 0.6) is 11.5 Å². The van der Waals surface area contributed by atoms with Crippen molar-refractivity contribution in [2.75, 3.05) is 40.5 Å². The standard InChI is InChI=1S/C58H66FN7O9/c1-32(2)51(62-56(69)71-5)53(67)64-18-7-11-45(64)43-25-40(31-61-43)37-23-41(59)50-47-26-38-22-34(15-16-44(38)66(47)55(75-49(50)28-37)35-14-13-33-10-9-20-73-48(33)27-35)39-24-42(60-30-39)46-12-8-19-65(46)54(68)52(63-57(70)72-6)36-17-21-74-58(3,4)29-36/h13-16,22-23,26-28,30-32,36,45-46,51-52,55H,7-12,17-21,24-25,29H2,1-6H3,(H,62,69)(H,63,70)/t36?,45-,46-,51-,52?,55?/m0/s1. The minimum absolute atomic E-state index is 0.113. The highest BCUT2D eigenvalue weighted by Crippen LogP contribution is 2.48. The van der Waals surface area contributed by atoms with Gasteiger partial charge < -0.3 is 48.7 Å². The van der Waals surface area contributed by atoms with Crippen LogP contribution in [0.2, 0.25) is 0 Å². The summed E-state index contributed by atoms with van der Waals surface area (Å²) in [6.07, 6.45) is 8.95. The van der Waals surface area contributed by atoms with Gasteiger partial charge in [-0.3, -0.25) is 19.6 Å². The molecule has 0 radical (unpaired) electrons. The Kier molecular flexibility index (Phi) is 13.6. The minimum atomic E-state index is -0.752. The van der Waals surface area contributed by atoms with Crippen molar-refractivity contribution < 1.29 is 47.3 Å². The number of hydrogen-bond donors (Lipinski definition) is 2. The Morgan fingerprint density at radius 3 is 2.16 bits per heavy atom. The van der Waals surface area contributed by atoms with Crippen molar-refractivity contribution in [3.05, 3.63) is 95.1 Å². The molecule has 16 nitrogen and oxygen atoms in total. The molecule has 75 heavy (non-hydrogen) atoms. The molecule has 17 heteroatoms. The largest absolute Gasteiger partial charge is 0.493 e. The summed E-state index contributed by atoms with van der Waals surface area (Å²) in [5, 5.41) is 6.50. The van der Waals surface area contributed by atoms with E-state index in [0.717, 1.165) is 94.4 Å². The number of halogens is 1. The maximum Gasteiger partial charge on any atom is 0.407 e. The van der Waals surface area contributed by atoms with E-state index in [1.165, 1.54) is 14.2 Å². The molecular formula is C58H66FN7O9. The average Bonchev–Trinajstić information content (AvgIpc) is 4.33. The Morgan fingerprint density at radius 2 is 1.47 bits per heavy atom. The van der Waals surface area contributed by atoms with Crippen LogP contribution in [0.1, 0.15) is 114 Å². The molecule has 3 aromatic carbocycles. The van der Waals surface area contributed by atoms with Crippen LogP contribution in [0.3, 0.4) is 0 Å². The minimum Gasteiger partial charge on any atom is -0.493 e. The van der Waals surface area contributed by atoms with Gasteiger partial charge in [0, 0.05) is 67.3 Å². The summed E-state index contributed by atoms with van der Waals surface area (Å²) < 4.78 is 48.1. The number of ether oxygens (including phenoxy) is 5. The van der Waals surface area contributed by atoms with Gasteiger partial charge in [0.1, 0.15) is 29.4 Å². The molecule has 0 aliphatic carbocycles. The van der Waals surface area contributed by atoms with E-state index >= 15 is 4.39 Å². The van der Waals surface area contributed by atoms with Gasteiger partial charge in [0.2, 0.25) is 18.0 Å². The van der Waals surface area contributed by atoms with Crippen molar-refractivity contribution >= 4 is 57.5 Å². The molecule has 4 aromatic rings. The summed E-state index contributed by atoms with van der Waals surface area (Å²) in [7, 11) is 2.59. The first kappa shape index (κ1) is 50.2. The first-order valence-electron chi connectivity index (χ1n) is 26.6. The van der Waals surface area contributed by atoms with E-state index in [2.05, 4.69) is 45.5 Å². The van der Waals surface area contributed by atoms with Crippen LogP contribution in [-0.2, 0) is 30.2 Å². The number of hydrogen-bond acceptors (Lipinski definition) is 11. The number of carbonyl (C=O) groups excluding carboxylic acids is 4. The van der Waals surface area contributed by atoms with E-state index < -0.39 is 41.9 Å². The van der Waals surface area contributed by atoms with Crippen LogP contribution in [0.4, 0.5) is 14.0 Å². The number of methoxy groups -OCH3 is 2. The predicted molar refractivity (Wildman–Crippen MR) is 282 cm³/mol. The summed E-state index contributed by atoms with van der Waals surface area (Å²) in [4.78, 5) is 66.7. The van der Waals surface area contributed by atoms with Gasteiger partial charge in [-0.05, 0) is 141 Å². The number of rotatable bonds is 11. The molecule has 11 rings (SSSR count). The second kappa shape index (κ2) is 20.3. The third-order valence-electron chi connectivity index (χ3n) is 16.3. The molecule has 394 valence electrons. The number of nitrogens with one attached hydrogen (secondary N) is 2. The lowest BCUT2D eigenvalue weighted by atomic mass is 9.82. The summed E-state index contributed by atoms with van der Waals surface area (Å²) >= 11 is 0. The normalized spacial score (nSPS) is 23.4. The van der Waals surface area contributed by atoms with Crippen molar-refractivity contribution in [3.8, 4) is 22.8 Å². The van der Waals surface area contributed by atoms with E-state index in [1.807, 2.05) is 61.9 Å². The van der Waals surface area contributed by atoms with E-state index in [-0.39, 0.29) is 35.7 Å². The van der Waals surface area contributed by atoms with Gasteiger partial charge in [0.05, 0.1) is 55.3 Å². The maximum absolute atomic E-state index is 17.1. The highest BCUT2D eigenvalue weighted by Gasteiger charge is 2.44. The maximum atomic E-state index is 17.1. The molecule has 6 atom stereocenters. The lowest BCUT2D eigenvalue weighted by Crippen LogP contribution is -2.56. The molecule has 0 bridgehead atoms. The van der Waals surface area contributed by atoms with Gasteiger partial charge in [-0.25, -0.2) is 14.0 Å². The monoisotopic (exact) mass is 1020 g/mol. The number of likely N-dealkylation sites (tertiary alicyclic amines) is 2. The van der Waals surface area contributed by atoms with Gasteiger partial charge >= 0.3 is 12.2 Å². The number of aliphatic imine (C=N–C) groups is 2. The summed E-state index contributed by atoms with van der Waals surface area (Å²) in [5.41, 5.74) is 8.64. The SMILES string of the molecule is COC(=O)NC(C(=O)N1CCC[C@H]1C1=NC=C(c2ccc3c(c2)cc2n3C(c3ccc4c(c3)OCCC4)Oc3cc(C4=CN=C([C@@H]5CCCN5C(=O)[C@@H](NC(=O)OC)C(C)C)C4)cc(F)c3-2)C1)C1CCOC(C)(C)C1. The molecule has 8 heterocycles. The first-order valence-corrected chi connectivity index (χ1v) is 26.6. The third-order valence-corrected chi connectivity index (χ3v) is 16.3. The number of allylic oxidation sites excluding steroid dienone is 2. The van der Waals surface area contributed by atoms with Crippen molar-refractivity contribution in [1.29, 1.82) is 0 Å². The Balaban J connectivity index is 0.863. The molecule has 3 unspecified atom stereocenters. The smallest absolute Gasteiger partial charge is 0.407 e. The number of aromatic nitrogens is 1. The van der Waals surface area contributed by atoms with Crippen LogP contribution in [0.25, 0.3) is 33.3 Å². The molecular weight excluding hydrogens is 958 g/mol. The molecule has 4 amide bonds. The van der Waals surface area contributed by atoms with Crippen LogP contribution in [-0.4, -0.2) is 120 Å². The molecule has 3 saturated heterocycles. The fraction of sp³-hybridized carbons (Fsp3) is 0.483. The molecule has 0 spiro atoms. The first-order chi connectivity index (χ1) is 36.2. The highest BCUT2D eigenvalue weighted by atomic mass is 19.1. The molecule has 7 aliphatic heterocycles. The highest BCUT2D eigenvalue weighted by molar-refractivity contribution is 6.06. The van der Waals surface area contributed by atoms with Crippen molar-refractivity contribution in [2.24, 2.45) is 21.8 Å². The second-order valence-electron chi connectivity index (χ2n) is 21.9. The number of aryl methyl sites for hydroxylation is 1. The topological polar surface area (TPSA) is 175 Å². The van der Waals surface area contributed by atoms with Gasteiger partial charge in [-0.15, -0.1) is 0 Å². The Bertz CT molecular complexity index is 3100. The molecule has 1 aromatic heterocycles. The molecule has 3 fully saturated rings. The predicted octanol–water partition coefficient (Wildman–Crippen LogP) is 9.38. The summed E-state index contributed by atoms with van der Waals surface area (Å²) in [6, 6.07) is 16.0. The zero-order valence-electron chi connectivity index (χ0n) is 43.6. The van der Waals surface area contributed by atoms with Crippen LogP contribution in [0.15, 0.2) is 77.0 Å². The summed E-state index contributed by atoms with van der Waals surface area (Å²) in [5.74, 6) is 0.213. The lowest BCUT2D eigenvalue weighted by molar-refractivity contribution is -0.138. The molecule has 7 aliphatic rings. The average molecular weight is 1020 g/mol. The second-order valence-corrected chi connectivity index (χ2v) is 21.9. The zero-order valence-corrected chi connectivity index (χ0v) is 43.6. The number of nitrogens with zero attached hydrogens (tertiary/aromatic N) is 5. The number of benzene rings is 3. The third kappa shape index (κ3) is 9.57. The molecule has 2 N–H and O–H groups in total. The van der Waals surface area contributed by atoms with E-state index in [1.54, 1.807) is 12.3 Å². The Morgan fingerprint density at radius 1 is 0.773 bits per heavy atom. The number of amides is 4. The number of carbonyl (C=O) groups is 4. The van der Waals surface area contributed by atoms with Gasteiger partial charge in [0.25, 0.3) is 0 Å². The van der Waals surface area contributed by atoms with Gasteiger partial charge in [-0.1, -0.05) is 32.0 Å². The zero-order chi connectivity index (χ0) is 52.3. The number of alkyl carbamates (subject to hydrolysis) is 2.